The van der Waals surface area contributed by atoms with E-state index in [0.29, 0.717) is 0 Å². The van der Waals surface area contributed by atoms with Crippen LogP contribution in [0.3, 0.4) is 0 Å². The summed E-state index contributed by atoms with van der Waals surface area (Å²) in [6.45, 7) is 12.8. The molecule has 3 heteroatoms. The smallest absolute Gasteiger partial charge is 0.0459 e. The molecule has 1 saturated heterocycles. The van der Waals surface area contributed by atoms with Crippen LogP contribution >= 0.6 is 0 Å². The molecule has 2 heterocycles. The van der Waals surface area contributed by atoms with Gasteiger partial charge < -0.3 is 15.2 Å². The fraction of sp³-hybridized carbons (Fsp3) is 0.579. The Hall–Kier alpha value is -1.32. The van der Waals surface area contributed by atoms with Crippen LogP contribution in [0.1, 0.15) is 38.4 Å². The minimum Gasteiger partial charge on any atom is -0.358 e. The largest absolute Gasteiger partial charge is 0.358 e. The molecule has 1 aromatic carbocycles. The van der Waals surface area contributed by atoms with Gasteiger partial charge in [-0.3, -0.25) is 0 Å². The summed E-state index contributed by atoms with van der Waals surface area (Å²) < 4.78 is 0. The number of piperazine rings is 1. The van der Waals surface area contributed by atoms with E-state index >= 15 is 0 Å². The lowest BCUT2D eigenvalue weighted by Gasteiger charge is -2.27. The molecule has 2 N–H and O–H groups in total. The Labute approximate surface area is 134 Å². The Morgan fingerprint density at radius 3 is 2.55 bits per heavy atom. The lowest BCUT2D eigenvalue weighted by molar-refractivity contribution is 0.238. The van der Waals surface area contributed by atoms with Gasteiger partial charge in [0.15, 0.2) is 0 Å². The van der Waals surface area contributed by atoms with Gasteiger partial charge in [-0.2, -0.15) is 0 Å². The number of hydrogen-bond donors (Lipinski definition) is 2. The summed E-state index contributed by atoms with van der Waals surface area (Å²) in [5, 5.41) is 4.84. The van der Waals surface area contributed by atoms with Gasteiger partial charge >= 0.3 is 0 Å². The van der Waals surface area contributed by atoms with E-state index in [9.17, 15) is 0 Å². The molecule has 1 fully saturated rings. The van der Waals surface area contributed by atoms with Gasteiger partial charge in [-0.25, -0.2) is 0 Å². The maximum Gasteiger partial charge on any atom is 0.0459 e. The molecule has 0 atom stereocenters. The maximum atomic E-state index is 3.67. The Morgan fingerprint density at radius 2 is 1.82 bits per heavy atom. The van der Waals surface area contributed by atoms with Crippen molar-refractivity contribution in [2.24, 2.45) is 0 Å². The number of aromatic nitrogens is 1. The zero-order valence-electron chi connectivity index (χ0n) is 14.2. The first kappa shape index (κ1) is 15.6. The summed E-state index contributed by atoms with van der Waals surface area (Å²) in [4.78, 5) is 6.25. The molecular formula is C19H29N3. The summed E-state index contributed by atoms with van der Waals surface area (Å²) in [6, 6.07) is 8.74. The number of aromatic amines is 1. The lowest BCUT2D eigenvalue weighted by Crippen LogP contribution is -2.43. The Kier molecular flexibility index (Phi) is 4.55. The molecule has 0 unspecified atom stereocenters. The molecule has 3 rings (SSSR count). The van der Waals surface area contributed by atoms with Crippen molar-refractivity contribution < 1.29 is 0 Å². The van der Waals surface area contributed by atoms with Crippen LogP contribution < -0.4 is 5.32 Å². The highest BCUT2D eigenvalue weighted by Crippen LogP contribution is 2.32. The molecule has 0 saturated carbocycles. The van der Waals surface area contributed by atoms with Gasteiger partial charge in [0, 0.05) is 48.2 Å². The predicted molar refractivity (Wildman–Crippen MR) is 94.6 cm³/mol. The molecule has 0 bridgehead atoms. The lowest BCUT2D eigenvalue weighted by atomic mass is 9.87. The van der Waals surface area contributed by atoms with Crippen LogP contribution in [0.25, 0.3) is 10.9 Å². The molecule has 0 amide bonds. The third kappa shape index (κ3) is 3.36. The molecule has 22 heavy (non-hydrogen) atoms. The van der Waals surface area contributed by atoms with Crippen molar-refractivity contribution in [2.45, 2.75) is 39.0 Å². The molecule has 1 aliphatic rings. The first-order chi connectivity index (χ1) is 10.6. The molecule has 0 radical (unpaired) electrons. The number of nitrogens with one attached hydrogen (secondary N) is 2. The average molecular weight is 299 g/mol. The number of hydrogen-bond acceptors (Lipinski definition) is 2. The van der Waals surface area contributed by atoms with Crippen molar-refractivity contribution in [1.29, 1.82) is 0 Å². The standard InChI is InChI=1S/C19H29N3/c1-19(2,3)18-16(15-7-4-5-9-17(15)21-18)8-6-12-22-13-10-20-11-14-22/h4-5,7,9,20-21H,6,8,10-14H2,1-3H3. The van der Waals surface area contributed by atoms with E-state index in [-0.39, 0.29) is 5.41 Å². The van der Waals surface area contributed by atoms with Crippen molar-refractivity contribution in [3.63, 3.8) is 0 Å². The Balaban J connectivity index is 1.76. The topological polar surface area (TPSA) is 31.1 Å². The van der Waals surface area contributed by atoms with E-state index in [1.54, 1.807) is 0 Å². The highest BCUT2D eigenvalue weighted by Gasteiger charge is 2.22. The molecule has 0 spiro atoms. The van der Waals surface area contributed by atoms with Gasteiger partial charge in [-0.05, 0) is 31.0 Å². The van der Waals surface area contributed by atoms with Gasteiger partial charge in [0.1, 0.15) is 0 Å². The van der Waals surface area contributed by atoms with E-state index in [2.05, 4.69) is 60.2 Å². The second-order valence-electron chi connectivity index (χ2n) is 7.47. The van der Waals surface area contributed by atoms with Crippen molar-refractivity contribution in [1.82, 2.24) is 15.2 Å². The van der Waals surface area contributed by atoms with E-state index in [1.807, 2.05) is 0 Å². The molecule has 120 valence electrons. The minimum atomic E-state index is 0.170. The van der Waals surface area contributed by atoms with Gasteiger partial charge in [0.2, 0.25) is 0 Å². The van der Waals surface area contributed by atoms with Crippen LogP contribution in [0, 0.1) is 0 Å². The van der Waals surface area contributed by atoms with Gasteiger partial charge in [-0.1, -0.05) is 39.0 Å². The van der Waals surface area contributed by atoms with E-state index < -0.39 is 0 Å². The fourth-order valence-electron chi connectivity index (χ4n) is 3.51. The summed E-state index contributed by atoms with van der Waals surface area (Å²) >= 11 is 0. The summed E-state index contributed by atoms with van der Waals surface area (Å²) in [5.41, 5.74) is 4.39. The van der Waals surface area contributed by atoms with Gasteiger partial charge in [0.25, 0.3) is 0 Å². The predicted octanol–water partition coefficient (Wildman–Crippen LogP) is 3.30. The molecule has 2 aromatic rings. The minimum absolute atomic E-state index is 0.170. The highest BCUT2D eigenvalue weighted by atomic mass is 15.2. The van der Waals surface area contributed by atoms with Crippen LogP contribution in [0.4, 0.5) is 0 Å². The van der Waals surface area contributed by atoms with Crippen LogP contribution in [0.15, 0.2) is 24.3 Å². The Morgan fingerprint density at radius 1 is 1.09 bits per heavy atom. The molecule has 1 aliphatic heterocycles. The van der Waals surface area contributed by atoms with Gasteiger partial charge in [0.05, 0.1) is 0 Å². The molecular weight excluding hydrogens is 270 g/mol. The third-order valence-electron chi connectivity index (χ3n) is 4.67. The number of rotatable bonds is 4. The van der Waals surface area contributed by atoms with Crippen LogP contribution in [0.5, 0.6) is 0 Å². The van der Waals surface area contributed by atoms with Crippen LogP contribution in [-0.2, 0) is 11.8 Å². The van der Waals surface area contributed by atoms with Crippen molar-refractivity contribution in [2.75, 3.05) is 32.7 Å². The zero-order valence-corrected chi connectivity index (χ0v) is 14.2. The second kappa shape index (κ2) is 6.43. The van der Waals surface area contributed by atoms with Crippen LogP contribution in [-0.4, -0.2) is 42.6 Å². The summed E-state index contributed by atoms with van der Waals surface area (Å²) in [5.74, 6) is 0. The number of fused-ring (bicyclic) bond motifs is 1. The first-order valence-electron chi connectivity index (χ1n) is 8.59. The maximum absolute atomic E-state index is 3.67. The van der Waals surface area contributed by atoms with Crippen molar-refractivity contribution >= 4 is 10.9 Å². The Bertz CT molecular complexity index is 615. The van der Waals surface area contributed by atoms with Crippen molar-refractivity contribution in [3.8, 4) is 0 Å². The third-order valence-corrected chi connectivity index (χ3v) is 4.67. The SMILES string of the molecule is CC(C)(C)c1[nH]c2ccccc2c1CCCN1CCNCC1. The summed E-state index contributed by atoms with van der Waals surface area (Å²) in [6.07, 6.45) is 2.41. The number of benzene rings is 1. The molecule has 1 aromatic heterocycles. The fourth-order valence-corrected chi connectivity index (χ4v) is 3.51. The highest BCUT2D eigenvalue weighted by molar-refractivity contribution is 5.85. The second-order valence-corrected chi connectivity index (χ2v) is 7.47. The van der Waals surface area contributed by atoms with E-state index in [1.165, 1.54) is 54.6 Å². The quantitative estimate of drug-likeness (QED) is 0.907. The summed E-state index contributed by atoms with van der Waals surface area (Å²) in [7, 11) is 0. The normalized spacial score (nSPS) is 17.2. The first-order valence-corrected chi connectivity index (χ1v) is 8.59. The molecule has 3 nitrogen and oxygen atoms in total. The number of nitrogens with zero attached hydrogens (tertiary/aromatic N) is 1. The molecule has 0 aliphatic carbocycles. The van der Waals surface area contributed by atoms with E-state index in [0.717, 1.165) is 13.1 Å². The number of para-hydroxylation sites is 1. The monoisotopic (exact) mass is 299 g/mol. The number of aryl methyl sites for hydroxylation is 1. The van der Waals surface area contributed by atoms with E-state index in [4.69, 9.17) is 0 Å². The van der Waals surface area contributed by atoms with Crippen molar-refractivity contribution in [3.05, 3.63) is 35.5 Å². The average Bonchev–Trinajstić information content (AvgIpc) is 2.88. The van der Waals surface area contributed by atoms with Gasteiger partial charge in [-0.15, -0.1) is 0 Å². The number of H-pyrrole nitrogens is 1. The zero-order chi connectivity index (χ0) is 15.6. The van der Waals surface area contributed by atoms with Crippen LogP contribution in [0.2, 0.25) is 0 Å².